The molecule has 4 heteroatoms. The van der Waals surface area contributed by atoms with Gasteiger partial charge < -0.3 is 5.32 Å². The van der Waals surface area contributed by atoms with Crippen LogP contribution in [-0.2, 0) is 16.6 Å². The Labute approximate surface area is 164 Å². The number of unbranched alkanes of at least 4 members (excludes halogenated alkanes) is 1. The highest BCUT2D eigenvalue weighted by atomic mass is 32.1. The van der Waals surface area contributed by atoms with E-state index in [9.17, 15) is 4.79 Å². The van der Waals surface area contributed by atoms with Gasteiger partial charge in [0.1, 0.15) is 0 Å². The van der Waals surface area contributed by atoms with Crippen LogP contribution in [0, 0.1) is 0 Å². The Kier molecular flexibility index (Phi) is 5.26. The van der Waals surface area contributed by atoms with Crippen LogP contribution >= 0.6 is 11.3 Å². The third kappa shape index (κ3) is 3.63. The minimum absolute atomic E-state index is 0.0939. The minimum Gasteiger partial charge on any atom is -0.301 e. The van der Waals surface area contributed by atoms with Gasteiger partial charge in [-0.15, -0.1) is 0 Å². The van der Waals surface area contributed by atoms with Crippen molar-refractivity contribution in [1.29, 1.82) is 0 Å². The number of amides is 1. The highest BCUT2D eigenvalue weighted by Crippen LogP contribution is 2.42. The lowest BCUT2D eigenvalue weighted by atomic mass is 9.78. The van der Waals surface area contributed by atoms with E-state index >= 15 is 0 Å². The molecule has 1 fully saturated rings. The van der Waals surface area contributed by atoms with Crippen molar-refractivity contribution >= 4 is 32.6 Å². The summed E-state index contributed by atoms with van der Waals surface area (Å²) in [6.45, 7) is 2.21. The van der Waals surface area contributed by atoms with Gasteiger partial charge in [0.15, 0.2) is 5.13 Å². The Bertz CT molecular complexity index is 926. The summed E-state index contributed by atoms with van der Waals surface area (Å²) in [5.41, 5.74) is 3.03. The van der Waals surface area contributed by atoms with Crippen molar-refractivity contribution in [2.75, 3.05) is 5.32 Å². The quantitative estimate of drug-likeness (QED) is 0.564. The highest BCUT2D eigenvalue weighted by molar-refractivity contribution is 7.22. The van der Waals surface area contributed by atoms with Gasteiger partial charge >= 0.3 is 0 Å². The average Bonchev–Trinajstić information content (AvgIpc) is 3.34. The summed E-state index contributed by atoms with van der Waals surface area (Å²) in [5, 5.41) is 3.86. The second-order valence-corrected chi connectivity index (χ2v) is 8.56. The molecule has 4 rings (SSSR count). The number of aryl methyl sites for hydroxylation is 1. The van der Waals surface area contributed by atoms with Crippen molar-refractivity contribution in [3.05, 3.63) is 59.7 Å². The van der Waals surface area contributed by atoms with Gasteiger partial charge in [0, 0.05) is 0 Å². The lowest BCUT2D eigenvalue weighted by Gasteiger charge is -2.27. The maximum atomic E-state index is 13.3. The molecule has 1 aliphatic rings. The zero-order valence-corrected chi connectivity index (χ0v) is 16.6. The number of benzene rings is 2. The van der Waals surface area contributed by atoms with Crippen LogP contribution in [0.3, 0.4) is 0 Å². The number of hydrogen-bond donors (Lipinski definition) is 1. The monoisotopic (exact) mass is 378 g/mol. The van der Waals surface area contributed by atoms with Crippen LogP contribution in [0.15, 0.2) is 48.5 Å². The molecular formula is C23H26N2OS. The molecule has 1 N–H and O–H groups in total. The van der Waals surface area contributed by atoms with Crippen LogP contribution < -0.4 is 5.32 Å². The number of thiazole rings is 1. The van der Waals surface area contributed by atoms with Crippen LogP contribution in [0.25, 0.3) is 10.2 Å². The molecule has 0 spiro atoms. The summed E-state index contributed by atoms with van der Waals surface area (Å²) in [7, 11) is 0. The summed E-state index contributed by atoms with van der Waals surface area (Å²) in [6.07, 6.45) is 7.52. The summed E-state index contributed by atoms with van der Waals surface area (Å²) >= 11 is 1.58. The third-order valence-corrected chi connectivity index (χ3v) is 6.64. The molecule has 3 aromatic rings. The fraction of sp³-hybridized carbons (Fsp3) is 0.391. The fourth-order valence-corrected chi connectivity index (χ4v) is 5.08. The second kappa shape index (κ2) is 7.81. The van der Waals surface area contributed by atoms with Crippen molar-refractivity contribution in [3.8, 4) is 0 Å². The Hall–Kier alpha value is -2.20. The van der Waals surface area contributed by atoms with E-state index in [1.807, 2.05) is 18.2 Å². The number of rotatable bonds is 6. The van der Waals surface area contributed by atoms with Gasteiger partial charge in [-0.2, -0.15) is 0 Å². The summed E-state index contributed by atoms with van der Waals surface area (Å²) in [5.74, 6) is 0.0939. The van der Waals surface area contributed by atoms with E-state index < -0.39 is 5.41 Å². The van der Waals surface area contributed by atoms with Gasteiger partial charge in [-0.25, -0.2) is 4.98 Å². The molecule has 1 heterocycles. The molecule has 27 heavy (non-hydrogen) atoms. The standard InChI is InChI=1S/C23H26N2OS/c1-2-3-9-17-12-13-19-20(16-17)27-22(24-19)25-21(26)23(14-7-8-15-23)18-10-5-4-6-11-18/h4-6,10-13,16H,2-3,7-9,14-15H2,1H3,(H,24,25,26). The van der Waals surface area contributed by atoms with E-state index in [0.717, 1.165) is 47.9 Å². The normalized spacial score (nSPS) is 15.9. The molecule has 2 aromatic carbocycles. The minimum atomic E-state index is -0.411. The van der Waals surface area contributed by atoms with Crippen LogP contribution in [-0.4, -0.2) is 10.9 Å². The number of hydrogen-bond acceptors (Lipinski definition) is 3. The Morgan fingerprint density at radius 2 is 1.93 bits per heavy atom. The second-order valence-electron chi connectivity index (χ2n) is 7.53. The first-order valence-corrected chi connectivity index (χ1v) is 10.8. The van der Waals surface area contributed by atoms with Crippen molar-refractivity contribution < 1.29 is 4.79 Å². The first kappa shape index (κ1) is 18.2. The third-order valence-electron chi connectivity index (χ3n) is 5.71. The number of carbonyl (C=O) groups excluding carboxylic acids is 1. The highest BCUT2D eigenvalue weighted by Gasteiger charge is 2.42. The van der Waals surface area contributed by atoms with E-state index in [0.29, 0.717) is 5.13 Å². The molecule has 1 saturated carbocycles. The van der Waals surface area contributed by atoms with E-state index in [4.69, 9.17) is 0 Å². The van der Waals surface area contributed by atoms with E-state index in [1.54, 1.807) is 11.3 Å². The predicted molar refractivity (Wildman–Crippen MR) is 113 cm³/mol. The topological polar surface area (TPSA) is 42.0 Å². The SMILES string of the molecule is CCCCc1ccc2nc(NC(=O)C3(c4ccccc4)CCCC3)sc2c1. The Morgan fingerprint density at radius 3 is 2.67 bits per heavy atom. The van der Waals surface area contributed by atoms with E-state index in [2.05, 4.69) is 47.6 Å². The largest absolute Gasteiger partial charge is 0.301 e. The van der Waals surface area contributed by atoms with E-state index in [1.165, 1.54) is 18.4 Å². The van der Waals surface area contributed by atoms with Gasteiger partial charge in [0.2, 0.25) is 5.91 Å². The summed E-state index contributed by atoms with van der Waals surface area (Å²) < 4.78 is 1.15. The predicted octanol–water partition coefficient (Wildman–Crippen LogP) is 6.09. The lowest BCUT2D eigenvalue weighted by molar-refractivity contribution is -0.121. The van der Waals surface area contributed by atoms with Crippen molar-refractivity contribution in [2.24, 2.45) is 0 Å². The van der Waals surface area contributed by atoms with Gasteiger partial charge in [-0.3, -0.25) is 4.79 Å². The van der Waals surface area contributed by atoms with E-state index in [-0.39, 0.29) is 5.91 Å². The molecule has 3 nitrogen and oxygen atoms in total. The molecule has 0 unspecified atom stereocenters. The number of nitrogens with one attached hydrogen (secondary N) is 1. The fourth-order valence-electron chi connectivity index (χ4n) is 4.16. The summed E-state index contributed by atoms with van der Waals surface area (Å²) in [6, 6.07) is 16.7. The summed E-state index contributed by atoms with van der Waals surface area (Å²) in [4.78, 5) is 17.9. The number of fused-ring (bicyclic) bond motifs is 1. The van der Waals surface area contributed by atoms with Crippen LogP contribution in [0.5, 0.6) is 0 Å². The van der Waals surface area contributed by atoms with Crippen LogP contribution in [0.1, 0.15) is 56.6 Å². The molecule has 0 atom stereocenters. The Morgan fingerprint density at radius 1 is 1.15 bits per heavy atom. The van der Waals surface area contributed by atoms with Gasteiger partial charge in [-0.05, 0) is 48.9 Å². The maximum Gasteiger partial charge on any atom is 0.236 e. The van der Waals surface area contributed by atoms with Crippen molar-refractivity contribution in [3.63, 3.8) is 0 Å². The van der Waals surface area contributed by atoms with Crippen molar-refractivity contribution in [2.45, 2.75) is 57.3 Å². The molecule has 0 saturated heterocycles. The number of aromatic nitrogens is 1. The lowest BCUT2D eigenvalue weighted by Crippen LogP contribution is -2.37. The van der Waals surface area contributed by atoms with Gasteiger partial charge in [0.25, 0.3) is 0 Å². The molecule has 0 aliphatic heterocycles. The molecular weight excluding hydrogens is 352 g/mol. The molecule has 1 amide bonds. The molecule has 1 aromatic heterocycles. The first-order chi connectivity index (χ1) is 13.2. The first-order valence-electron chi connectivity index (χ1n) is 9.98. The average molecular weight is 379 g/mol. The van der Waals surface area contributed by atoms with Crippen molar-refractivity contribution in [1.82, 2.24) is 4.98 Å². The van der Waals surface area contributed by atoms with Crippen LogP contribution in [0.2, 0.25) is 0 Å². The number of anilines is 1. The smallest absolute Gasteiger partial charge is 0.236 e. The zero-order chi connectivity index (χ0) is 18.7. The van der Waals surface area contributed by atoms with Gasteiger partial charge in [-0.1, -0.05) is 73.9 Å². The van der Waals surface area contributed by atoms with Gasteiger partial charge in [0.05, 0.1) is 15.6 Å². The molecule has 1 aliphatic carbocycles. The Balaban J connectivity index is 1.58. The molecule has 140 valence electrons. The number of nitrogens with zero attached hydrogens (tertiary/aromatic N) is 1. The van der Waals surface area contributed by atoms with Crippen LogP contribution in [0.4, 0.5) is 5.13 Å². The zero-order valence-electron chi connectivity index (χ0n) is 15.8. The maximum absolute atomic E-state index is 13.3. The molecule has 0 radical (unpaired) electrons. The molecule has 0 bridgehead atoms. The number of carbonyl (C=O) groups is 1.